The molecule has 2 fully saturated rings. The zero-order valence-electron chi connectivity index (χ0n) is 16.4. The highest BCUT2D eigenvalue weighted by atomic mass is 32.2. The lowest BCUT2D eigenvalue weighted by atomic mass is 10.1. The molecule has 5 nitrogen and oxygen atoms in total. The molecule has 0 bridgehead atoms. The zero-order chi connectivity index (χ0) is 18.4. The van der Waals surface area contributed by atoms with Gasteiger partial charge in [0.25, 0.3) is 0 Å². The minimum Gasteiger partial charge on any atom is -0.357 e. The molecule has 0 amide bonds. The highest BCUT2D eigenvalue weighted by Crippen LogP contribution is 2.26. The van der Waals surface area contributed by atoms with Crippen LogP contribution in [-0.2, 0) is 6.42 Å². The summed E-state index contributed by atoms with van der Waals surface area (Å²) in [5.74, 6) is 2.98. The van der Waals surface area contributed by atoms with E-state index in [0.717, 1.165) is 38.6 Å². The van der Waals surface area contributed by atoms with Gasteiger partial charge in [-0.2, -0.15) is 11.8 Å². The van der Waals surface area contributed by atoms with E-state index in [1.807, 2.05) is 0 Å². The number of rotatable bonds is 6. The number of hydrogen-bond acceptors (Lipinski definition) is 5. The smallest absolute Gasteiger partial charge is 0.193 e. The van der Waals surface area contributed by atoms with Gasteiger partial charge in [-0.15, -0.1) is 11.3 Å². The van der Waals surface area contributed by atoms with Crippen LogP contribution >= 0.6 is 23.1 Å². The second-order valence-corrected chi connectivity index (χ2v) is 9.58. The molecule has 2 aliphatic rings. The lowest BCUT2D eigenvalue weighted by molar-refractivity contribution is 0.381. The minimum absolute atomic E-state index is 0.703. The number of aliphatic imine (C=N–C) groups is 1. The Morgan fingerprint density at radius 3 is 2.88 bits per heavy atom. The van der Waals surface area contributed by atoms with Crippen LogP contribution < -0.4 is 10.2 Å². The van der Waals surface area contributed by atoms with Gasteiger partial charge in [-0.3, -0.25) is 4.99 Å². The SMILES string of the molecule is CCNC(=NCCc1csc(N2CCCC2)n1)N1CCSC(C(C)C)C1. The van der Waals surface area contributed by atoms with E-state index in [2.05, 4.69) is 53.0 Å². The molecule has 0 saturated carbocycles. The van der Waals surface area contributed by atoms with Gasteiger partial charge in [0.05, 0.1) is 5.69 Å². The molecule has 0 aliphatic carbocycles. The van der Waals surface area contributed by atoms with Crippen LogP contribution in [0.5, 0.6) is 0 Å². The standard InChI is InChI=1S/C19H33N5S2/c1-4-20-18(24-11-12-25-17(13-24)15(2)3)21-8-7-16-14-26-19(22-16)23-9-5-6-10-23/h14-15,17H,4-13H2,1-3H3,(H,20,21). The van der Waals surface area contributed by atoms with Crippen molar-refractivity contribution < 1.29 is 0 Å². The number of hydrogen-bond donors (Lipinski definition) is 1. The summed E-state index contributed by atoms with van der Waals surface area (Å²) < 4.78 is 0. The van der Waals surface area contributed by atoms with E-state index < -0.39 is 0 Å². The Balaban J connectivity index is 1.55. The van der Waals surface area contributed by atoms with Crippen molar-refractivity contribution in [1.82, 2.24) is 15.2 Å². The molecule has 7 heteroatoms. The maximum absolute atomic E-state index is 4.91. The molecule has 146 valence electrons. The van der Waals surface area contributed by atoms with Gasteiger partial charge in [-0.1, -0.05) is 13.8 Å². The summed E-state index contributed by atoms with van der Waals surface area (Å²) in [5, 5.41) is 7.60. The van der Waals surface area contributed by atoms with Crippen LogP contribution in [0.4, 0.5) is 5.13 Å². The van der Waals surface area contributed by atoms with Crippen molar-refractivity contribution >= 4 is 34.2 Å². The van der Waals surface area contributed by atoms with Crippen LogP contribution in [-0.4, -0.2) is 66.1 Å². The van der Waals surface area contributed by atoms with Gasteiger partial charge in [0.2, 0.25) is 0 Å². The van der Waals surface area contributed by atoms with Crippen molar-refractivity contribution in [3.05, 3.63) is 11.1 Å². The number of thiazole rings is 1. The molecular weight excluding hydrogens is 362 g/mol. The van der Waals surface area contributed by atoms with Crippen molar-refractivity contribution in [2.45, 2.75) is 45.3 Å². The normalized spacial score (nSPS) is 21.7. The lowest BCUT2D eigenvalue weighted by Gasteiger charge is -2.36. The van der Waals surface area contributed by atoms with Gasteiger partial charge >= 0.3 is 0 Å². The van der Waals surface area contributed by atoms with E-state index in [4.69, 9.17) is 9.98 Å². The molecule has 3 rings (SSSR count). The van der Waals surface area contributed by atoms with E-state index in [1.54, 1.807) is 11.3 Å². The highest BCUT2D eigenvalue weighted by molar-refractivity contribution is 8.00. The molecule has 1 atom stereocenters. The van der Waals surface area contributed by atoms with E-state index in [1.165, 1.54) is 42.5 Å². The summed E-state index contributed by atoms with van der Waals surface area (Å²) >= 11 is 3.89. The number of nitrogens with one attached hydrogen (secondary N) is 1. The van der Waals surface area contributed by atoms with Gasteiger partial charge in [0.1, 0.15) is 0 Å². The van der Waals surface area contributed by atoms with Crippen molar-refractivity contribution in [2.75, 3.05) is 49.9 Å². The third-order valence-electron chi connectivity index (χ3n) is 5.02. The van der Waals surface area contributed by atoms with Gasteiger partial charge in [0.15, 0.2) is 11.1 Å². The Labute approximate surface area is 166 Å². The quantitative estimate of drug-likeness (QED) is 0.591. The van der Waals surface area contributed by atoms with Crippen molar-refractivity contribution in [2.24, 2.45) is 10.9 Å². The molecule has 0 radical (unpaired) electrons. The van der Waals surface area contributed by atoms with E-state index in [0.29, 0.717) is 11.2 Å². The number of anilines is 1. The number of nitrogens with zero attached hydrogens (tertiary/aromatic N) is 4. The molecule has 3 heterocycles. The molecular formula is C19H33N5S2. The first kappa shape index (κ1) is 19.8. The molecule has 2 aliphatic heterocycles. The van der Waals surface area contributed by atoms with E-state index >= 15 is 0 Å². The fraction of sp³-hybridized carbons (Fsp3) is 0.789. The van der Waals surface area contributed by atoms with Gasteiger partial charge in [0, 0.05) is 62.1 Å². The van der Waals surface area contributed by atoms with Crippen LogP contribution in [0.25, 0.3) is 0 Å². The van der Waals surface area contributed by atoms with Crippen molar-refractivity contribution in [3.63, 3.8) is 0 Å². The second kappa shape index (κ2) is 9.83. The van der Waals surface area contributed by atoms with E-state index in [9.17, 15) is 0 Å². The number of guanidine groups is 1. The Morgan fingerprint density at radius 2 is 2.15 bits per heavy atom. The van der Waals surface area contributed by atoms with Gasteiger partial charge < -0.3 is 15.1 Å². The molecule has 1 aromatic rings. The third kappa shape index (κ3) is 5.28. The predicted molar refractivity (Wildman–Crippen MR) is 116 cm³/mol. The third-order valence-corrected chi connectivity index (χ3v) is 7.51. The maximum Gasteiger partial charge on any atom is 0.193 e. The first-order chi connectivity index (χ1) is 12.7. The summed E-state index contributed by atoms with van der Waals surface area (Å²) in [6, 6.07) is 0. The second-order valence-electron chi connectivity index (χ2n) is 7.40. The summed E-state index contributed by atoms with van der Waals surface area (Å²) in [6.45, 7) is 13.1. The topological polar surface area (TPSA) is 43.8 Å². The molecule has 1 unspecified atom stereocenters. The molecule has 26 heavy (non-hydrogen) atoms. The molecule has 1 aromatic heterocycles. The van der Waals surface area contributed by atoms with Crippen molar-refractivity contribution in [1.29, 1.82) is 0 Å². The summed E-state index contributed by atoms with van der Waals surface area (Å²) in [6.07, 6.45) is 3.53. The predicted octanol–water partition coefficient (Wildman–Crippen LogP) is 3.32. The Bertz CT molecular complexity index is 580. The zero-order valence-corrected chi connectivity index (χ0v) is 18.0. The Hall–Kier alpha value is -0.950. The van der Waals surface area contributed by atoms with Crippen LogP contribution in [0.3, 0.4) is 0 Å². The monoisotopic (exact) mass is 395 g/mol. The first-order valence-corrected chi connectivity index (χ1v) is 11.9. The van der Waals surface area contributed by atoms with Crippen molar-refractivity contribution in [3.8, 4) is 0 Å². The average molecular weight is 396 g/mol. The Kier molecular flexibility index (Phi) is 7.49. The molecule has 1 N–H and O–H groups in total. The van der Waals surface area contributed by atoms with Crippen LogP contribution in [0.1, 0.15) is 39.3 Å². The van der Waals surface area contributed by atoms with Gasteiger partial charge in [-0.05, 0) is 25.7 Å². The minimum atomic E-state index is 0.703. The molecule has 2 saturated heterocycles. The van der Waals surface area contributed by atoms with Crippen LogP contribution in [0, 0.1) is 5.92 Å². The van der Waals surface area contributed by atoms with Gasteiger partial charge in [-0.25, -0.2) is 4.98 Å². The summed E-state index contributed by atoms with van der Waals surface area (Å²) in [4.78, 5) is 14.6. The number of thioether (sulfide) groups is 1. The summed E-state index contributed by atoms with van der Waals surface area (Å²) in [5.41, 5.74) is 1.19. The summed E-state index contributed by atoms with van der Waals surface area (Å²) in [7, 11) is 0. The maximum atomic E-state index is 4.91. The fourth-order valence-electron chi connectivity index (χ4n) is 3.44. The fourth-order valence-corrected chi connectivity index (χ4v) is 5.65. The average Bonchev–Trinajstić information content (AvgIpc) is 3.32. The number of aromatic nitrogens is 1. The lowest BCUT2D eigenvalue weighted by Crippen LogP contribution is -2.49. The van der Waals surface area contributed by atoms with Crippen LogP contribution in [0.2, 0.25) is 0 Å². The highest BCUT2D eigenvalue weighted by Gasteiger charge is 2.24. The first-order valence-electron chi connectivity index (χ1n) is 10.0. The van der Waals surface area contributed by atoms with Crippen LogP contribution in [0.15, 0.2) is 10.4 Å². The molecule has 0 spiro atoms. The largest absolute Gasteiger partial charge is 0.357 e. The molecule has 0 aromatic carbocycles. The van der Waals surface area contributed by atoms with E-state index in [-0.39, 0.29) is 0 Å². The Morgan fingerprint density at radius 1 is 1.35 bits per heavy atom.